The third-order valence-corrected chi connectivity index (χ3v) is 6.37. The third-order valence-electron chi connectivity index (χ3n) is 6.37. The molecule has 1 atom stereocenters. The molecule has 7 heteroatoms. The lowest BCUT2D eigenvalue weighted by molar-refractivity contribution is -0.133. The molecule has 0 aliphatic carbocycles. The van der Waals surface area contributed by atoms with Gasteiger partial charge in [0.2, 0.25) is 11.8 Å². The fourth-order valence-corrected chi connectivity index (χ4v) is 4.55. The maximum Gasteiger partial charge on any atom is 0.236 e. The van der Waals surface area contributed by atoms with Crippen LogP contribution in [0.4, 0.5) is 11.4 Å². The Labute approximate surface area is 182 Å². The Morgan fingerprint density at radius 2 is 1.77 bits per heavy atom. The zero-order valence-electron chi connectivity index (χ0n) is 17.7. The number of phenolic OH excluding ortho intramolecular Hbond substituents is 1. The number of piperidine rings is 1. The van der Waals surface area contributed by atoms with Crippen LogP contribution in [-0.4, -0.2) is 59.4 Å². The maximum absolute atomic E-state index is 12.8. The van der Waals surface area contributed by atoms with Gasteiger partial charge in [-0.05, 0) is 73.7 Å². The van der Waals surface area contributed by atoms with E-state index in [4.69, 9.17) is 5.73 Å². The van der Waals surface area contributed by atoms with Crippen LogP contribution < -0.4 is 11.1 Å². The molecule has 164 valence electrons. The first-order chi connectivity index (χ1) is 15.0. The first kappa shape index (κ1) is 21.2. The fourth-order valence-electron chi connectivity index (χ4n) is 4.55. The molecule has 2 heterocycles. The summed E-state index contributed by atoms with van der Waals surface area (Å²) in [5.41, 5.74) is 8.62. The minimum absolute atomic E-state index is 0.0383. The SMILES string of the molecule is Nc1cccc(C2CCN(C(=O)CN3CC[C@@H](C(=O)Nc4ccc(O)cc4)C3)CC2)c1. The number of benzene rings is 2. The van der Waals surface area contributed by atoms with Gasteiger partial charge in [-0.2, -0.15) is 0 Å². The summed E-state index contributed by atoms with van der Waals surface area (Å²) in [7, 11) is 0. The number of phenols is 1. The molecule has 0 saturated carbocycles. The lowest BCUT2D eigenvalue weighted by Gasteiger charge is -2.33. The summed E-state index contributed by atoms with van der Waals surface area (Å²) < 4.78 is 0. The van der Waals surface area contributed by atoms with Crippen LogP contribution in [0.5, 0.6) is 5.75 Å². The quantitative estimate of drug-likeness (QED) is 0.508. The fraction of sp³-hybridized carbons (Fsp3) is 0.417. The Bertz CT molecular complexity index is 923. The van der Waals surface area contributed by atoms with Gasteiger partial charge in [0.05, 0.1) is 12.5 Å². The number of likely N-dealkylation sites (tertiary alicyclic amines) is 2. The average molecular weight is 423 g/mol. The van der Waals surface area contributed by atoms with E-state index < -0.39 is 0 Å². The van der Waals surface area contributed by atoms with Crippen LogP contribution in [0.1, 0.15) is 30.7 Å². The average Bonchev–Trinajstić information content (AvgIpc) is 3.24. The van der Waals surface area contributed by atoms with E-state index in [1.807, 2.05) is 23.1 Å². The first-order valence-electron chi connectivity index (χ1n) is 10.9. The second-order valence-corrected chi connectivity index (χ2v) is 8.58. The topological polar surface area (TPSA) is 98.9 Å². The van der Waals surface area contributed by atoms with Gasteiger partial charge < -0.3 is 21.1 Å². The Balaban J connectivity index is 1.22. The van der Waals surface area contributed by atoms with Gasteiger partial charge in [-0.25, -0.2) is 0 Å². The molecule has 0 bridgehead atoms. The molecule has 2 fully saturated rings. The number of anilines is 2. The van der Waals surface area contributed by atoms with Crippen molar-refractivity contribution < 1.29 is 14.7 Å². The molecule has 2 amide bonds. The zero-order valence-corrected chi connectivity index (χ0v) is 17.7. The number of nitrogens with two attached hydrogens (primary N) is 1. The number of nitrogen functional groups attached to an aromatic ring is 1. The van der Waals surface area contributed by atoms with Crippen LogP contribution in [0.2, 0.25) is 0 Å². The predicted octanol–water partition coefficient (Wildman–Crippen LogP) is 2.64. The molecule has 31 heavy (non-hydrogen) atoms. The summed E-state index contributed by atoms with van der Waals surface area (Å²) in [6.45, 7) is 3.23. The first-order valence-corrected chi connectivity index (χ1v) is 10.9. The number of nitrogens with one attached hydrogen (secondary N) is 1. The van der Waals surface area contributed by atoms with Crippen LogP contribution in [0.15, 0.2) is 48.5 Å². The highest BCUT2D eigenvalue weighted by Crippen LogP contribution is 2.29. The molecule has 2 aromatic carbocycles. The molecule has 2 aliphatic heterocycles. The minimum atomic E-state index is -0.129. The van der Waals surface area contributed by atoms with Crippen molar-refractivity contribution in [3.63, 3.8) is 0 Å². The van der Waals surface area contributed by atoms with E-state index in [0.29, 0.717) is 24.7 Å². The van der Waals surface area contributed by atoms with Crippen LogP contribution in [0.25, 0.3) is 0 Å². The highest BCUT2D eigenvalue weighted by atomic mass is 16.3. The second kappa shape index (κ2) is 9.39. The Morgan fingerprint density at radius 3 is 2.48 bits per heavy atom. The molecule has 4 N–H and O–H groups in total. The van der Waals surface area contributed by atoms with Crippen molar-refractivity contribution in [1.29, 1.82) is 0 Å². The smallest absolute Gasteiger partial charge is 0.236 e. The van der Waals surface area contributed by atoms with Crippen molar-refractivity contribution in [2.24, 2.45) is 5.92 Å². The Hall–Kier alpha value is -3.06. The largest absolute Gasteiger partial charge is 0.508 e. The maximum atomic E-state index is 12.8. The number of aromatic hydroxyl groups is 1. The molecule has 4 rings (SSSR count). The van der Waals surface area contributed by atoms with E-state index in [1.165, 1.54) is 5.56 Å². The van der Waals surface area contributed by atoms with Crippen molar-refractivity contribution in [2.45, 2.75) is 25.2 Å². The van der Waals surface area contributed by atoms with Gasteiger partial charge in [-0.15, -0.1) is 0 Å². The molecule has 0 radical (unpaired) electrons. The molecule has 7 nitrogen and oxygen atoms in total. The minimum Gasteiger partial charge on any atom is -0.508 e. The molecule has 2 aromatic rings. The van der Waals surface area contributed by atoms with E-state index >= 15 is 0 Å². The molecule has 0 spiro atoms. The van der Waals surface area contributed by atoms with Crippen molar-refractivity contribution >= 4 is 23.2 Å². The van der Waals surface area contributed by atoms with Gasteiger partial charge in [0.15, 0.2) is 0 Å². The van der Waals surface area contributed by atoms with E-state index in [1.54, 1.807) is 24.3 Å². The number of rotatable bonds is 5. The van der Waals surface area contributed by atoms with Crippen molar-refractivity contribution in [3.8, 4) is 5.75 Å². The summed E-state index contributed by atoms with van der Waals surface area (Å²) >= 11 is 0. The molecule has 0 aromatic heterocycles. The lowest BCUT2D eigenvalue weighted by atomic mass is 9.89. The third kappa shape index (κ3) is 5.35. The van der Waals surface area contributed by atoms with Crippen molar-refractivity contribution in [3.05, 3.63) is 54.1 Å². The number of hydrogen-bond donors (Lipinski definition) is 3. The number of amides is 2. The number of carbonyl (C=O) groups is 2. The summed E-state index contributed by atoms with van der Waals surface area (Å²) in [4.78, 5) is 29.3. The van der Waals surface area contributed by atoms with Crippen LogP contribution in [-0.2, 0) is 9.59 Å². The van der Waals surface area contributed by atoms with Crippen LogP contribution in [0, 0.1) is 5.92 Å². The molecular weight excluding hydrogens is 392 g/mol. The highest BCUT2D eigenvalue weighted by Gasteiger charge is 2.31. The molecule has 0 unspecified atom stereocenters. The van der Waals surface area contributed by atoms with E-state index in [9.17, 15) is 14.7 Å². The monoisotopic (exact) mass is 422 g/mol. The van der Waals surface area contributed by atoms with Crippen LogP contribution in [0.3, 0.4) is 0 Å². The standard InChI is InChI=1S/C24H30N4O3/c25-20-3-1-2-18(14-20)17-9-12-28(13-10-17)23(30)16-27-11-8-19(15-27)24(31)26-21-4-6-22(29)7-5-21/h1-7,14,17,19,29H,8-13,15-16,25H2,(H,26,31)/t19-/m1/s1. The normalized spacial score (nSPS) is 20.0. The Morgan fingerprint density at radius 1 is 1.03 bits per heavy atom. The van der Waals surface area contributed by atoms with Crippen LogP contribution >= 0.6 is 0 Å². The van der Waals surface area contributed by atoms with E-state index in [-0.39, 0.29) is 23.5 Å². The van der Waals surface area contributed by atoms with E-state index in [2.05, 4.69) is 16.3 Å². The zero-order chi connectivity index (χ0) is 21.8. The number of carbonyl (C=O) groups excluding carboxylic acids is 2. The highest BCUT2D eigenvalue weighted by molar-refractivity contribution is 5.93. The predicted molar refractivity (Wildman–Crippen MR) is 121 cm³/mol. The number of hydrogen-bond acceptors (Lipinski definition) is 5. The summed E-state index contributed by atoms with van der Waals surface area (Å²) in [5, 5.41) is 12.2. The van der Waals surface area contributed by atoms with Gasteiger partial charge in [-0.3, -0.25) is 14.5 Å². The number of nitrogens with zero attached hydrogens (tertiary/aromatic N) is 2. The van der Waals surface area contributed by atoms with Gasteiger partial charge in [0.1, 0.15) is 5.75 Å². The summed E-state index contributed by atoms with van der Waals surface area (Å²) in [5.74, 6) is 0.595. The Kier molecular flexibility index (Phi) is 6.42. The van der Waals surface area contributed by atoms with Crippen molar-refractivity contribution in [1.82, 2.24) is 9.80 Å². The van der Waals surface area contributed by atoms with Gasteiger partial charge in [0.25, 0.3) is 0 Å². The van der Waals surface area contributed by atoms with E-state index in [0.717, 1.165) is 44.6 Å². The lowest BCUT2D eigenvalue weighted by Crippen LogP contribution is -2.43. The second-order valence-electron chi connectivity index (χ2n) is 8.58. The van der Waals surface area contributed by atoms with Gasteiger partial charge >= 0.3 is 0 Å². The van der Waals surface area contributed by atoms with Gasteiger partial charge in [0, 0.05) is 31.0 Å². The molecule has 2 saturated heterocycles. The van der Waals surface area contributed by atoms with Crippen molar-refractivity contribution in [2.75, 3.05) is 43.8 Å². The van der Waals surface area contributed by atoms with Gasteiger partial charge in [-0.1, -0.05) is 12.1 Å². The molecular formula is C24H30N4O3. The summed E-state index contributed by atoms with van der Waals surface area (Å²) in [6.07, 6.45) is 2.65. The summed E-state index contributed by atoms with van der Waals surface area (Å²) in [6, 6.07) is 14.5. The molecule has 2 aliphatic rings.